The monoisotopic (exact) mass is 848 g/mol. The number of phenols is 2. The molecule has 0 aromatic heterocycles. The number of hydrogen-bond acceptors (Lipinski definition) is 12. The Bertz CT molecular complexity index is 1850. The van der Waals surface area contributed by atoms with Crippen LogP contribution >= 0.6 is 23.5 Å². The lowest BCUT2D eigenvalue weighted by atomic mass is 10.2. The van der Waals surface area contributed by atoms with Gasteiger partial charge in [-0.25, -0.2) is 0 Å². The van der Waals surface area contributed by atoms with Crippen LogP contribution in [0.2, 0.25) is 0 Å². The molecule has 0 bridgehead atoms. The second-order valence-corrected chi connectivity index (χ2v) is 16.1. The number of hydrogen-bond donors (Lipinski definition) is 2. The van der Waals surface area contributed by atoms with Gasteiger partial charge in [-0.05, 0) is 84.1 Å². The van der Waals surface area contributed by atoms with Crippen LogP contribution in [0.1, 0.15) is 73.6 Å². The minimum absolute atomic E-state index is 0.0739. The second kappa shape index (κ2) is 31.5. The molecule has 0 radical (unpaired) electrons. The smallest absolute Gasteiger partial charge is 0.154 e. The molecule has 316 valence electrons. The molecule has 0 aliphatic heterocycles. The molecule has 0 fully saturated rings. The van der Waals surface area contributed by atoms with Crippen LogP contribution in [0, 0.1) is 0 Å². The van der Waals surface area contributed by atoms with E-state index in [0.29, 0.717) is 36.8 Å². The molecule has 0 heterocycles. The van der Waals surface area contributed by atoms with E-state index < -0.39 is 0 Å². The summed E-state index contributed by atoms with van der Waals surface area (Å²) in [6.45, 7) is 0.735. The minimum Gasteiger partial charge on any atom is -0.507 e. The van der Waals surface area contributed by atoms with Gasteiger partial charge in [-0.2, -0.15) is 23.5 Å². The third-order valence-corrected chi connectivity index (χ3v) is 10.8. The zero-order chi connectivity index (χ0) is 42.9. The molecule has 0 spiro atoms. The van der Waals surface area contributed by atoms with Crippen molar-refractivity contribution >= 4 is 71.5 Å². The van der Waals surface area contributed by atoms with Crippen molar-refractivity contribution in [2.75, 3.05) is 49.2 Å². The molecule has 0 amide bonds. The van der Waals surface area contributed by atoms with E-state index in [9.17, 15) is 29.4 Å². The zero-order valence-electron chi connectivity index (χ0n) is 34.1. The topological polar surface area (TPSA) is 158 Å². The van der Waals surface area contributed by atoms with Gasteiger partial charge >= 0.3 is 0 Å². The molecule has 4 aromatic carbocycles. The van der Waals surface area contributed by atoms with Gasteiger partial charge in [-0.3, -0.25) is 39.1 Å². The summed E-state index contributed by atoms with van der Waals surface area (Å²) in [6.07, 6.45) is 11.9. The number of thioether (sulfide) groups is 2. The number of rotatable bonds is 28. The summed E-state index contributed by atoms with van der Waals surface area (Å²) < 4.78 is 0. The van der Waals surface area contributed by atoms with Gasteiger partial charge in [0.25, 0.3) is 0 Å². The molecule has 0 atom stereocenters. The van der Waals surface area contributed by atoms with Crippen LogP contribution in [0.4, 0.5) is 0 Å². The van der Waals surface area contributed by atoms with Crippen molar-refractivity contribution in [2.24, 2.45) is 20.0 Å². The van der Waals surface area contributed by atoms with Gasteiger partial charge in [-0.15, -0.1) is 0 Å². The van der Waals surface area contributed by atoms with Gasteiger partial charge in [0.1, 0.15) is 11.5 Å². The number of carbonyl (C=O) groups is 4. The highest BCUT2D eigenvalue weighted by Crippen LogP contribution is 2.14. The summed E-state index contributed by atoms with van der Waals surface area (Å²) in [6, 6.07) is 33.3. The highest BCUT2D eigenvalue weighted by Gasteiger charge is 2.05. The molecule has 0 unspecified atom stereocenters. The molecule has 4 rings (SSSR count). The average molecular weight is 849 g/mol. The van der Waals surface area contributed by atoms with Crippen molar-refractivity contribution in [3.05, 3.63) is 131 Å². The Hall–Kier alpha value is -5.46. The molecular weight excluding hydrogens is 793 g/mol. The van der Waals surface area contributed by atoms with Crippen LogP contribution in [-0.4, -0.2) is 107 Å². The SMILES string of the molecule is O=C(CCCSCCCC(=O)CN=Cc1ccccc1)CN=Cc1ccccc1.O=C(CCCSCCCC(=O)CN=Cc1ccccc1O)CN=Cc1ccccc1O. The number of phenolic OH excluding ortho intramolecular Hbond substituents is 2. The van der Waals surface area contributed by atoms with Crippen LogP contribution in [0.3, 0.4) is 0 Å². The first-order chi connectivity index (χ1) is 29.3. The lowest BCUT2D eigenvalue weighted by Gasteiger charge is -2.01. The van der Waals surface area contributed by atoms with Crippen molar-refractivity contribution in [1.29, 1.82) is 0 Å². The Morgan fingerprint density at radius 3 is 1.00 bits per heavy atom. The van der Waals surface area contributed by atoms with E-state index in [4.69, 9.17) is 0 Å². The Morgan fingerprint density at radius 2 is 0.683 bits per heavy atom. The van der Waals surface area contributed by atoms with Gasteiger partial charge < -0.3 is 10.2 Å². The Balaban J connectivity index is 0.000000321. The summed E-state index contributed by atoms with van der Waals surface area (Å²) in [5, 5.41) is 19.3. The lowest BCUT2D eigenvalue weighted by molar-refractivity contribution is -0.118. The highest BCUT2D eigenvalue weighted by molar-refractivity contribution is 7.99. The van der Waals surface area contributed by atoms with E-state index >= 15 is 0 Å². The number of Topliss-reactive ketones (excluding diaryl/α,β-unsaturated/α-hetero) is 4. The minimum atomic E-state index is 0.0739. The molecule has 0 saturated carbocycles. The second-order valence-electron chi connectivity index (χ2n) is 13.6. The van der Waals surface area contributed by atoms with E-state index in [-0.39, 0.29) is 60.8 Å². The van der Waals surface area contributed by atoms with Gasteiger partial charge in [0.15, 0.2) is 23.1 Å². The summed E-state index contributed by atoms with van der Waals surface area (Å²) in [4.78, 5) is 64.0. The Kier molecular flexibility index (Phi) is 25.6. The zero-order valence-corrected chi connectivity index (χ0v) is 35.8. The maximum Gasteiger partial charge on any atom is 0.154 e. The third kappa shape index (κ3) is 23.8. The van der Waals surface area contributed by atoms with Crippen LogP contribution in [-0.2, 0) is 19.2 Å². The van der Waals surface area contributed by atoms with Crippen molar-refractivity contribution in [1.82, 2.24) is 0 Å². The number of para-hydroxylation sites is 2. The van der Waals surface area contributed by atoms with Crippen LogP contribution in [0.15, 0.2) is 129 Å². The van der Waals surface area contributed by atoms with E-state index in [1.807, 2.05) is 60.7 Å². The van der Waals surface area contributed by atoms with Crippen molar-refractivity contribution in [3.63, 3.8) is 0 Å². The maximum atomic E-state index is 11.9. The van der Waals surface area contributed by atoms with Gasteiger partial charge in [-0.1, -0.05) is 84.9 Å². The Labute approximate surface area is 362 Å². The molecule has 2 N–H and O–H groups in total. The van der Waals surface area contributed by atoms with Crippen LogP contribution in [0.5, 0.6) is 11.5 Å². The summed E-state index contributed by atoms with van der Waals surface area (Å²) in [7, 11) is 0. The predicted molar refractivity (Wildman–Crippen MR) is 251 cm³/mol. The lowest BCUT2D eigenvalue weighted by Crippen LogP contribution is -2.04. The van der Waals surface area contributed by atoms with Crippen LogP contribution < -0.4 is 0 Å². The van der Waals surface area contributed by atoms with Gasteiger partial charge in [0.2, 0.25) is 0 Å². The van der Waals surface area contributed by atoms with E-state index in [1.54, 1.807) is 84.5 Å². The first-order valence-corrected chi connectivity index (χ1v) is 22.5. The number of nitrogens with zero attached hydrogens (tertiary/aromatic N) is 4. The normalized spacial score (nSPS) is 11.3. The van der Waals surface area contributed by atoms with E-state index in [0.717, 1.165) is 59.8 Å². The number of ketones is 4. The average Bonchev–Trinajstić information content (AvgIpc) is 3.25. The summed E-state index contributed by atoms with van der Waals surface area (Å²) in [5.74, 6) is 4.40. The summed E-state index contributed by atoms with van der Waals surface area (Å²) >= 11 is 3.53. The van der Waals surface area contributed by atoms with E-state index in [2.05, 4.69) is 20.0 Å². The molecule has 4 aromatic rings. The fraction of sp³-hybridized carbons (Fsp3) is 0.333. The van der Waals surface area contributed by atoms with Crippen molar-refractivity contribution in [2.45, 2.75) is 51.4 Å². The largest absolute Gasteiger partial charge is 0.507 e. The highest BCUT2D eigenvalue weighted by atomic mass is 32.2. The number of benzene rings is 4. The van der Waals surface area contributed by atoms with Crippen LogP contribution in [0.25, 0.3) is 0 Å². The Morgan fingerprint density at radius 1 is 0.400 bits per heavy atom. The fourth-order valence-electron chi connectivity index (χ4n) is 5.27. The molecule has 0 aliphatic rings. The molecule has 12 heteroatoms. The molecule has 0 aliphatic carbocycles. The molecule has 60 heavy (non-hydrogen) atoms. The maximum absolute atomic E-state index is 11.9. The van der Waals surface area contributed by atoms with Crippen molar-refractivity contribution < 1.29 is 29.4 Å². The van der Waals surface area contributed by atoms with Crippen molar-refractivity contribution in [3.8, 4) is 11.5 Å². The van der Waals surface area contributed by atoms with E-state index in [1.165, 1.54) is 12.4 Å². The predicted octanol–water partition coefficient (Wildman–Crippen LogP) is 8.72. The fourth-order valence-corrected chi connectivity index (χ4v) is 7.08. The van der Waals surface area contributed by atoms with Gasteiger partial charge in [0.05, 0.1) is 26.2 Å². The van der Waals surface area contributed by atoms with Gasteiger partial charge in [0, 0.05) is 61.7 Å². The molecule has 10 nitrogen and oxygen atoms in total. The third-order valence-electron chi connectivity index (χ3n) is 8.46. The first-order valence-electron chi connectivity index (χ1n) is 20.2. The molecule has 0 saturated heterocycles. The first kappa shape index (κ1) is 48.9. The summed E-state index contributed by atoms with van der Waals surface area (Å²) in [5.41, 5.74) is 3.22. The standard InChI is InChI=1S/C24H28N2O4S.C24H28N2O2S/c27-21(17-25-15-19-7-1-3-11-23(19)29)9-5-13-31-14-6-10-22(28)18-26-16-20-8-2-4-12-24(20)30;27-23(19-25-17-21-9-3-1-4-10-21)13-7-15-29-16-8-14-24(28)20-26-18-22-11-5-2-6-12-22/h1-4,7-8,11-12,15-16,29-30H,5-6,9-10,13-14,17-18H2;1-6,9-12,17-18H,7-8,13-16,19-20H2. The number of aliphatic imine (C=N–C) groups is 4. The quantitative estimate of drug-likeness (QED) is 0.0424. The number of carbonyl (C=O) groups excluding carboxylic acids is 4. The molecular formula is C48H56N4O6S2. The number of aromatic hydroxyl groups is 2.